The Kier molecular flexibility index (Phi) is 4.08. The summed E-state index contributed by atoms with van der Waals surface area (Å²) in [6.07, 6.45) is 2.50. The lowest BCUT2D eigenvalue weighted by Crippen LogP contribution is -2.33. The molecule has 0 amide bonds. The Hall–Kier alpha value is -1.65. The third kappa shape index (κ3) is 3.17. The fourth-order valence-corrected chi connectivity index (χ4v) is 3.17. The van der Waals surface area contributed by atoms with Gasteiger partial charge in [-0.25, -0.2) is 0 Å². The maximum Gasteiger partial charge on any atom is 0.189 e. The highest BCUT2D eigenvalue weighted by molar-refractivity contribution is 5.82. The van der Waals surface area contributed by atoms with Gasteiger partial charge in [0.2, 0.25) is 0 Å². The SMILES string of the molecule is Cc1cc(C)c2[nH]c(CNC[C@@H]3CCCN3)cc(=O)c2c1. The number of nitrogens with one attached hydrogen (secondary N) is 3. The molecule has 21 heavy (non-hydrogen) atoms. The summed E-state index contributed by atoms with van der Waals surface area (Å²) in [5.74, 6) is 0. The van der Waals surface area contributed by atoms with E-state index in [9.17, 15) is 4.79 Å². The molecular weight excluding hydrogens is 262 g/mol. The second kappa shape index (κ2) is 6.00. The zero-order valence-electron chi connectivity index (χ0n) is 12.8. The Balaban J connectivity index is 1.78. The van der Waals surface area contributed by atoms with E-state index in [1.165, 1.54) is 12.8 Å². The highest BCUT2D eigenvalue weighted by atomic mass is 16.1. The Labute approximate surface area is 125 Å². The van der Waals surface area contributed by atoms with Crippen molar-refractivity contribution in [2.45, 2.75) is 39.3 Å². The van der Waals surface area contributed by atoms with Crippen LogP contribution >= 0.6 is 0 Å². The number of hydrogen-bond donors (Lipinski definition) is 3. The van der Waals surface area contributed by atoms with Gasteiger partial charge in [0.1, 0.15) is 0 Å². The van der Waals surface area contributed by atoms with Crippen LogP contribution < -0.4 is 16.1 Å². The molecule has 0 spiro atoms. The van der Waals surface area contributed by atoms with Crippen LogP contribution in [0.1, 0.15) is 29.7 Å². The van der Waals surface area contributed by atoms with Gasteiger partial charge in [0.05, 0.1) is 5.52 Å². The molecule has 112 valence electrons. The quantitative estimate of drug-likeness (QED) is 0.805. The third-order valence-electron chi connectivity index (χ3n) is 4.20. The summed E-state index contributed by atoms with van der Waals surface area (Å²) in [6.45, 7) is 6.85. The molecule has 0 saturated carbocycles. The van der Waals surface area contributed by atoms with E-state index >= 15 is 0 Å². The number of aromatic nitrogens is 1. The number of benzene rings is 1. The first-order valence-electron chi connectivity index (χ1n) is 7.71. The van der Waals surface area contributed by atoms with Gasteiger partial charge in [0, 0.05) is 36.3 Å². The molecule has 1 aliphatic heterocycles. The average Bonchev–Trinajstić information content (AvgIpc) is 2.93. The van der Waals surface area contributed by atoms with E-state index in [0.717, 1.165) is 40.8 Å². The molecule has 0 unspecified atom stereocenters. The van der Waals surface area contributed by atoms with E-state index in [-0.39, 0.29) is 5.43 Å². The second-order valence-corrected chi connectivity index (χ2v) is 6.09. The van der Waals surface area contributed by atoms with Crippen LogP contribution in [0.3, 0.4) is 0 Å². The summed E-state index contributed by atoms with van der Waals surface area (Å²) < 4.78 is 0. The lowest BCUT2D eigenvalue weighted by Gasteiger charge is -2.12. The van der Waals surface area contributed by atoms with Crippen LogP contribution in [0.15, 0.2) is 23.0 Å². The zero-order chi connectivity index (χ0) is 14.8. The van der Waals surface area contributed by atoms with Crippen molar-refractivity contribution in [1.29, 1.82) is 0 Å². The van der Waals surface area contributed by atoms with Crippen molar-refractivity contribution in [3.05, 3.63) is 45.2 Å². The molecule has 0 radical (unpaired) electrons. The minimum absolute atomic E-state index is 0.103. The molecule has 3 rings (SSSR count). The van der Waals surface area contributed by atoms with Gasteiger partial charge in [-0.05, 0) is 50.4 Å². The lowest BCUT2D eigenvalue weighted by atomic mass is 10.1. The van der Waals surface area contributed by atoms with Gasteiger partial charge >= 0.3 is 0 Å². The van der Waals surface area contributed by atoms with E-state index in [4.69, 9.17) is 0 Å². The van der Waals surface area contributed by atoms with Gasteiger partial charge in [-0.3, -0.25) is 4.79 Å². The van der Waals surface area contributed by atoms with Crippen molar-refractivity contribution in [3.8, 4) is 0 Å². The molecule has 1 fully saturated rings. The van der Waals surface area contributed by atoms with Gasteiger partial charge in [-0.2, -0.15) is 0 Å². The zero-order valence-corrected chi connectivity index (χ0v) is 12.8. The minimum Gasteiger partial charge on any atom is -0.357 e. The largest absolute Gasteiger partial charge is 0.357 e. The number of aromatic amines is 1. The summed E-state index contributed by atoms with van der Waals surface area (Å²) in [6, 6.07) is 6.36. The molecule has 2 aromatic rings. The van der Waals surface area contributed by atoms with Crippen molar-refractivity contribution in [1.82, 2.24) is 15.6 Å². The van der Waals surface area contributed by atoms with Crippen LogP contribution in [0.25, 0.3) is 10.9 Å². The molecular formula is C17H23N3O. The van der Waals surface area contributed by atoms with Crippen LogP contribution in [-0.4, -0.2) is 24.1 Å². The highest BCUT2D eigenvalue weighted by Gasteiger charge is 2.13. The molecule has 1 aromatic heterocycles. The number of fused-ring (bicyclic) bond motifs is 1. The van der Waals surface area contributed by atoms with Crippen molar-refractivity contribution in [3.63, 3.8) is 0 Å². The summed E-state index contributed by atoms with van der Waals surface area (Å²) >= 11 is 0. The monoisotopic (exact) mass is 285 g/mol. The van der Waals surface area contributed by atoms with Crippen LogP contribution in [0.5, 0.6) is 0 Å². The lowest BCUT2D eigenvalue weighted by molar-refractivity contribution is 0.533. The first-order chi connectivity index (χ1) is 10.1. The first-order valence-corrected chi connectivity index (χ1v) is 7.71. The van der Waals surface area contributed by atoms with E-state index in [1.807, 2.05) is 19.9 Å². The third-order valence-corrected chi connectivity index (χ3v) is 4.20. The van der Waals surface area contributed by atoms with Crippen molar-refractivity contribution >= 4 is 10.9 Å². The summed E-state index contributed by atoms with van der Waals surface area (Å²) in [5, 5.41) is 7.68. The molecule has 1 saturated heterocycles. The van der Waals surface area contributed by atoms with Crippen LogP contribution in [0, 0.1) is 13.8 Å². The minimum atomic E-state index is 0.103. The maximum atomic E-state index is 12.3. The van der Waals surface area contributed by atoms with E-state index in [0.29, 0.717) is 12.6 Å². The highest BCUT2D eigenvalue weighted by Crippen LogP contribution is 2.16. The van der Waals surface area contributed by atoms with E-state index in [1.54, 1.807) is 6.07 Å². The topological polar surface area (TPSA) is 56.9 Å². The number of H-pyrrole nitrogens is 1. The smallest absolute Gasteiger partial charge is 0.189 e. The number of aryl methyl sites for hydroxylation is 2. The Bertz CT molecular complexity index is 699. The van der Waals surface area contributed by atoms with Gasteiger partial charge in [-0.15, -0.1) is 0 Å². The Morgan fingerprint density at radius 3 is 2.90 bits per heavy atom. The van der Waals surface area contributed by atoms with E-state index < -0.39 is 0 Å². The van der Waals surface area contributed by atoms with Gasteiger partial charge in [0.25, 0.3) is 0 Å². The van der Waals surface area contributed by atoms with Gasteiger partial charge in [0.15, 0.2) is 5.43 Å². The predicted octanol–water partition coefficient (Wildman–Crippen LogP) is 1.99. The van der Waals surface area contributed by atoms with Crippen LogP contribution in [-0.2, 0) is 6.54 Å². The molecule has 3 N–H and O–H groups in total. The second-order valence-electron chi connectivity index (χ2n) is 6.09. The maximum absolute atomic E-state index is 12.3. The van der Waals surface area contributed by atoms with Gasteiger partial charge < -0.3 is 15.6 Å². The normalized spacial score (nSPS) is 18.5. The first kappa shape index (κ1) is 14.3. The summed E-state index contributed by atoms with van der Waals surface area (Å²) in [7, 11) is 0. The number of hydrogen-bond acceptors (Lipinski definition) is 3. The Morgan fingerprint density at radius 2 is 2.14 bits per heavy atom. The fraction of sp³-hybridized carbons (Fsp3) is 0.471. The summed E-state index contributed by atoms with van der Waals surface area (Å²) in [5.41, 5.74) is 4.28. The van der Waals surface area contributed by atoms with Crippen molar-refractivity contribution in [2.24, 2.45) is 0 Å². The number of rotatable bonds is 4. The molecule has 0 bridgehead atoms. The number of pyridine rings is 1. The molecule has 4 nitrogen and oxygen atoms in total. The molecule has 2 heterocycles. The van der Waals surface area contributed by atoms with E-state index in [2.05, 4.69) is 21.7 Å². The van der Waals surface area contributed by atoms with Crippen LogP contribution in [0.4, 0.5) is 0 Å². The molecule has 1 atom stereocenters. The standard InChI is InChI=1S/C17H23N3O/c1-11-6-12(2)17-15(7-11)16(21)8-14(20-17)10-18-9-13-4-3-5-19-13/h6-8,13,18-19H,3-5,9-10H2,1-2H3,(H,20,21)/t13-/m0/s1. The Morgan fingerprint density at radius 1 is 1.29 bits per heavy atom. The molecule has 0 aliphatic carbocycles. The molecule has 1 aromatic carbocycles. The van der Waals surface area contributed by atoms with Crippen molar-refractivity contribution in [2.75, 3.05) is 13.1 Å². The van der Waals surface area contributed by atoms with Crippen LogP contribution in [0.2, 0.25) is 0 Å². The fourth-order valence-electron chi connectivity index (χ4n) is 3.17. The summed E-state index contributed by atoms with van der Waals surface area (Å²) in [4.78, 5) is 15.7. The average molecular weight is 285 g/mol. The molecule has 4 heteroatoms. The molecule has 1 aliphatic rings. The van der Waals surface area contributed by atoms with Crippen molar-refractivity contribution < 1.29 is 0 Å². The predicted molar refractivity (Wildman–Crippen MR) is 86.8 cm³/mol. The van der Waals surface area contributed by atoms with Gasteiger partial charge in [-0.1, -0.05) is 6.07 Å².